The first kappa shape index (κ1) is 17.0. The lowest BCUT2D eigenvalue weighted by Crippen LogP contribution is -2.21. The van der Waals surface area contributed by atoms with Gasteiger partial charge in [0.1, 0.15) is 0 Å². The van der Waals surface area contributed by atoms with E-state index in [4.69, 9.17) is 16.3 Å². The number of aliphatic hydroxyl groups excluding tert-OH is 1. The van der Waals surface area contributed by atoms with Gasteiger partial charge >= 0.3 is 0 Å². The molecular formula is C19H21ClN2O2. The number of ether oxygens (including phenoxy) is 1. The lowest BCUT2D eigenvalue weighted by Gasteiger charge is -2.13. The zero-order chi connectivity index (χ0) is 17.1. The Morgan fingerprint density at radius 3 is 2.62 bits per heavy atom. The molecule has 0 saturated heterocycles. The van der Waals surface area contributed by atoms with E-state index in [0.717, 1.165) is 16.6 Å². The Morgan fingerprint density at radius 1 is 1.17 bits per heavy atom. The highest BCUT2D eigenvalue weighted by molar-refractivity contribution is 6.30. The molecule has 1 atom stereocenters. The Kier molecular flexibility index (Phi) is 5.19. The van der Waals surface area contributed by atoms with E-state index in [9.17, 15) is 5.11 Å². The third kappa shape index (κ3) is 3.96. The van der Waals surface area contributed by atoms with E-state index in [1.54, 1.807) is 6.33 Å². The van der Waals surface area contributed by atoms with Gasteiger partial charge in [-0.1, -0.05) is 23.7 Å². The van der Waals surface area contributed by atoms with E-state index in [-0.39, 0.29) is 6.61 Å². The maximum atomic E-state index is 10.2. The molecule has 0 radical (unpaired) electrons. The Labute approximate surface area is 146 Å². The molecule has 1 N–H and O–H groups in total. The number of fused-ring (bicyclic) bond motifs is 1. The van der Waals surface area contributed by atoms with Gasteiger partial charge in [0.25, 0.3) is 0 Å². The lowest BCUT2D eigenvalue weighted by molar-refractivity contribution is 0.0209. The van der Waals surface area contributed by atoms with Crippen molar-refractivity contribution in [2.45, 2.75) is 33.1 Å². The fourth-order valence-electron chi connectivity index (χ4n) is 2.63. The Morgan fingerprint density at radius 2 is 1.88 bits per heavy atom. The van der Waals surface area contributed by atoms with Gasteiger partial charge in [-0.3, -0.25) is 0 Å². The predicted molar refractivity (Wildman–Crippen MR) is 96.3 cm³/mol. The molecule has 0 amide bonds. The third-order valence-electron chi connectivity index (χ3n) is 4.14. The van der Waals surface area contributed by atoms with Gasteiger partial charge in [0.15, 0.2) is 0 Å². The van der Waals surface area contributed by atoms with E-state index in [1.165, 1.54) is 11.1 Å². The first-order valence-electron chi connectivity index (χ1n) is 7.95. The van der Waals surface area contributed by atoms with Crippen molar-refractivity contribution in [3.63, 3.8) is 0 Å². The van der Waals surface area contributed by atoms with Crippen LogP contribution in [0.4, 0.5) is 0 Å². The van der Waals surface area contributed by atoms with Gasteiger partial charge in [0.05, 0.1) is 43.2 Å². The van der Waals surface area contributed by atoms with Gasteiger partial charge in [-0.15, -0.1) is 0 Å². The minimum atomic E-state index is -0.587. The molecule has 3 rings (SSSR count). The van der Waals surface area contributed by atoms with Crippen LogP contribution in [-0.2, 0) is 17.9 Å². The highest BCUT2D eigenvalue weighted by Crippen LogP contribution is 2.18. The van der Waals surface area contributed by atoms with Gasteiger partial charge in [-0.25, -0.2) is 4.98 Å². The summed E-state index contributed by atoms with van der Waals surface area (Å²) in [5.41, 5.74) is 5.46. The van der Waals surface area contributed by atoms with Gasteiger partial charge in [-0.05, 0) is 54.8 Å². The van der Waals surface area contributed by atoms with Crippen LogP contribution in [0.15, 0.2) is 42.7 Å². The normalized spacial score (nSPS) is 12.7. The largest absolute Gasteiger partial charge is 0.389 e. The molecule has 0 unspecified atom stereocenters. The SMILES string of the molecule is Cc1cc2ncn(C[C@@H](O)COCc3ccc(Cl)cc3)c2cc1C. The van der Waals surface area contributed by atoms with Crippen molar-refractivity contribution in [3.05, 3.63) is 64.4 Å². The van der Waals surface area contributed by atoms with Crippen LogP contribution in [0.5, 0.6) is 0 Å². The van der Waals surface area contributed by atoms with Crippen LogP contribution >= 0.6 is 11.6 Å². The Balaban J connectivity index is 1.57. The maximum absolute atomic E-state index is 10.2. The minimum Gasteiger partial charge on any atom is -0.389 e. The van der Waals surface area contributed by atoms with Gasteiger partial charge < -0.3 is 14.4 Å². The molecule has 5 heteroatoms. The molecule has 3 aromatic rings. The second kappa shape index (κ2) is 7.34. The number of imidazole rings is 1. The van der Waals surface area contributed by atoms with E-state index < -0.39 is 6.10 Å². The lowest BCUT2D eigenvalue weighted by atomic mass is 10.1. The average molecular weight is 345 g/mol. The van der Waals surface area contributed by atoms with Crippen molar-refractivity contribution in [1.29, 1.82) is 0 Å². The summed E-state index contributed by atoms with van der Waals surface area (Å²) in [6, 6.07) is 11.7. The van der Waals surface area contributed by atoms with Crippen molar-refractivity contribution in [2.24, 2.45) is 0 Å². The fourth-order valence-corrected chi connectivity index (χ4v) is 2.76. The molecule has 0 saturated carbocycles. The van der Waals surface area contributed by atoms with Crippen LogP contribution in [0.1, 0.15) is 16.7 Å². The number of rotatable bonds is 6. The van der Waals surface area contributed by atoms with Gasteiger partial charge in [0.2, 0.25) is 0 Å². The molecule has 0 bridgehead atoms. The maximum Gasteiger partial charge on any atom is 0.0959 e. The quantitative estimate of drug-likeness (QED) is 0.738. The van der Waals surface area contributed by atoms with Crippen molar-refractivity contribution < 1.29 is 9.84 Å². The molecule has 0 aliphatic heterocycles. The first-order valence-corrected chi connectivity index (χ1v) is 8.33. The topological polar surface area (TPSA) is 47.3 Å². The van der Waals surface area contributed by atoms with Crippen LogP contribution in [0.3, 0.4) is 0 Å². The number of halogens is 1. The minimum absolute atomic E-state index is 0.271. The van der Waals surface area contributed by atoms with Crippen LogP contribution < -0.4 is 0 Å². The molecule has 0 aliphatic rings. The summed E-state index contributed by atoms with van der Waals surface area (Å²) >= 11 is 5.85. The molecule has 4 nitrogen and oxygen atoms in total. The summed E-state index contributed by atoms with van der Waals surface area (Å²) in [5, 5.41) is 10.9. The fraction of sp³-hybridized carbons (Fsp3) is 0.316. The number of benzene rings is 2. The monoisotopic (exact) mass is 344 g/mol. The van der Waals surface area contributed by atoms with Crippen LogP contribution in [0, 0.1) is 13.8 Å². The third-order valence-corrected chi connectivity index (χ3v) is 4.39. The smallest absolute Gasteiger partial charge is 0.0959 e. The number of aromatic nitrogens is 2. The van der Waals surface area contributed by atoms with Gasteiger partial charge in [-0.2, -0.15) is 0 Å². The second-order valence-electron chi connectivity index (χ2n) is 6.12. The zero-order valence-corrected chi connectivity index (χ0v) is 14.6. The van der Waals surface area contributed by atoms with E-state index in [1.807, 2.05) is 28.8 Å². The van der Waals surface area contributed by atoms with Crippen molar-refractivity contribution >= 4 is 22.6 Å². The number of aliphatic hydroxyl groups is 1. The summed E-state index contributed by atoms with van der Waals surface area (Å²) in [5.74, 6) is 0. The summed E-state index contributed by atoms with van der Waals surface area (Å²) in [6.45, 7) is 5.34. The van der Waals surface area contributed by atoms with Crippen LogP contribution in [0.2, 0.25) is 5.02 Å². The number of aryl methyl sites for hydroxylation is 2. The summed E-state index contributed by atoms with van der Waals surface area (Å²) in [7, 11) is 0. The van der Waals surface area contributed by atoms with Crippen LogP contribution in [0.25, 0.3) is 11.0 Å². The molecular weight excluding hydrogens is 324 g/mol. The molecule has 1 heterocycles. The van der Waals surface area contributed by atoms with Gasteiger partial charge in [0, 0.05) is 5.02 Å². The predicted octanol–water partition coefficient (Wildman–Crippen LogP) is 3.88. The molecule has 24 heavy (non-hydrogen) atoms. The van der Waals surface area contributed by atoms with Crippen LogP contribution in [-0.4, -0.2) is 27.4 Å². The van der Waals surface area contributed by atoms with E-state index in [2.05, 4.69) is 31.0 Å². The van der Waals surface area contributed by atoms with E-state index in [0.29, 0.717) is 18.2 Å². The molecule has 126 valence electrons. The number of nitrogens with zero attached hydrogens (tertiary/aromatic N) is 2. The highest BCUT2D eigenvalue weighted by atomic mass is 35.5. The highest BCUT2D eigenvalue weighted by Gasteiger charge is 2.10. The number of hydrogen-bond donors (Lipinski definition) is 1. The summed E-state index contributed by atoms with van der Waals surface area (Å²) in [4.78, 5) is 4.41. The van der Waals surface area contributed by atoms with Crippen molar-refractivity contribution in [3.8, 4) is 0 Å². The van der Waals surface area contributed by atoms with E-state index >= 15 is 0 Å². The molecule has 0 aliphatic carbocycles. The standard InChI is InChI=1S/C19H21ClN2O2/c1-13-7-18-19(8-14(13)2)22(12-21-18)9-17(23)11-24-10-15-3-5-16(20)6-4-15/h3-8,12,17,23H,9-11H2,1-2H3/t17-/m1/s1. The molecule has 0 spiro atoms. The van der Waals surface area contributed by atoms with Crippen molar-refractivity contribution in [2.75, 3.05) is 6.61 Å². The second-order valence-corrected chi connectivity index (χ2v) is 6.55. The average Bonchev–Trinajstić information content (AvgIpc) is 2.92. The molecule has 1 aromatic heterocycles. The first-order chi connectivity index (χ1) is 11.5. The molecule has 2 aromatic carbocycles. The zero-order valence-electron chi connectivity index (χ0n) is 13.9. The molecule has 0 fully saturated rings. The Bertz CT molecular complexity index is 827. The Hall–Kier alpha value is -1.88. The van der Waals surface area contributed by atoms with Crippen molar-refractivity contribution in [1.82, 2.24) is 9.55 Å². The number of hydrogen-bond acceptors (Lipinski definition) is 3. The summed E-state index contributed by atoms with van der Waals surface area (Å²) in [6.07, 6.45) is 1.18. The summed E-state index contributed by atoms with van der Waals surface area (Å²) < 4.78 is 7.57.